The Labute approximate surface area is 170 Å². The number of benzene rings is 3. The molecule has 1 aliphatic rings. The topological polar surface area (TPSA) is 46.6 Å². The molecule has 146 valence electrons. The predicted octanol–water partition coefficient (Wildman–Crippen LogP) is 4.74. The van der Waals surface area contributed by atoms with Gasteiger partial charge >= 0.3 is 0 Å². The lowest BCUT2D eigenvalue weighted by atomic mass is 10.0. The van der Waals surface area contributed by atoms with Crippen LogP contribution < -0.4 is 4.74 Å². The lowest BCUT2D eigenvalue weighted by Crippen LogP contribution is -2.32. The zero-order chi connectivity index (χ0) is 20.1. The molecule has 0 aliphatic carbocycles. The van der Waals surface area contributed by atoms with Crippen LogP contribution in [0.3, 0.4) is 0 Å². The first-order chi connectivity index (χ1) is 14.2. The van der Waals surface area contributed by atoms with Gasteiger partial charge in [-0.3, -0.25) is 9.59 Å². The standard InChI is InChI=1S/C25H23NO3/c27-24(15-12-20-8-5-7-19-6-1-2-9-23(19)20)21-10-13-22(14-11-21)29-18-25(28)26-16-3-4-17-26/h1-2,5-15H,3-4,16-18H2/b15-12+. The summed E-state index contributed by atoms with van der Waals surface area (Å²) in [7, 11) is 0. The van der Waals surface area contributed by atoms with Crippen LogP contribution in [0.2, 0.25) is 0 Å². The fourth-order valence-electron chi connectivity index (χ4n) is 3.58. The lowest BCUT2D eigenvalue weighted by molar-refractivity contribution is -0.132. The van der Waals surface area contributed by atoms with E-state index in [4.69, 9.17) is 4.74 Å². The summed E-state index contributed by atoms with van der Waals surface area (Å²) in [4.78, 5) is 26.4. The first-order valence-electron chi connectivity index (χ1n) is 9.91. The molecule has 3 aromatic carbocycles. The second-order valence-corrected chi connectivity index (χ2v) is 7.17. The number of rotatable bonds is 6. The SMILES string of the molecule is O=C(/C=C/c1cccc2ccccc12)c1ccc(OCC(=O)N2CCCC2)cc1. The molecular weight excluding hydrogens is 362 g/mol. The number of nitrogens with zero attached hydrogens (tertiary/aromatic N) is 1. The lowest BCUT2D eigenvalue weighted by Gasteiger charge is -2.15. The van der Waals surface area contributed by atoms with Crippen LogP contribution >= 0.6 is 0 Å². The highest BCUT2D eigenvalue weighted by Gasteiger charge is 2.18. The molecule has 0 atom stereocenters. The van der Waals surface area contributed by atoms with Gasteiger partial charge in [0.05, 0.1) is 0 Å². The highest BCUT2D eigenvalue weighted by atomic mass is 16.5. The van der Waals surface area contributed by atoms with Gasteiger partial charge in [-0.25, -0.2) is 0 Å². The molecule has 4 heteroatoms. The Hall–Kier alpha value is -3.40. The number of hydrogen-bond acceptors (Lipinski definition) is 3. The summed E-state index contributed by atoms with van der Waals surface area (Å²) in [6.45, 7) is 1.67. The molecule has 1 aliphatic heterocycles. The first-order valence-corrected chi connectivity index (χ1v) is 9.91. The minimum Gasteiger partial charge on any atom is -0.484 e. The Balaban J connectivity index is 1.38. The van der Waals surface area contributed by atoms with Crippen LogP contribution in [-0.2, 0) is 4.79 Å². The summed E-state index contributed by atoms with van der Waals surface area (Å²) in [5.41, 5.74) is 1.59. The third kappa shape index (κ3) is 4.54. The predicted molar refractivity (Wildman–Crippen MR) is 115 cm³/mol. The number of hydrogen-bond donors (Lipinski definition) is 0. The minimum absolute atomic E-state index is 0.0145. The van der Waals surface area contributed by atoms with Gasteiger partial charge in [0, 0.05) is 18.7 Å². The van der Waals surface area contributed by atoms with Crippen LogP contribution in [0.25, 0.3) is 16.8 Å². The number of carbonyl (C=O) groups excluding carboxylic acids is 2. The van der Waals surface area contributed by atoms with E-state index in [1.165, 1.54) is 0 Å². The zero-order valence-corrected chi connectivity index (χ0v) is 16.2. The van der Waals surface area contributed by atoms with Gasteiger partial charge in [0.15, 0.2) is 12.4 Å². The Bertz CT molecular complexity index is 1040. The molecule has 0 saturated carbocycles. The van der Waals surface area contributed by atoms with Crippen molar-refractivity contribution in [1.82, 2.24) is 4.90 Å². The molecule has 0 unspecified atom stereocenters. The number of fused-ring (bicyclic) bond motifs is 1. The fraction of sp³-hybridized carbons (Fsp3) is 0.200. The van der Waals surface area contributed by atoms with E-state index < -0.39 is 0 Å². The highest BCUT2D eigenvalue weighted by molar-refractivity contribution is 6.07. The van der Waals surface area contributed by atoms with Gasteiger partial charge in [-0.1, -0.05) is 48.5 Å². The highest BCUT2D eigenvalue weighted by Crippen LogP contribution is 2.20. The van der Waals surface area contributed by atoms with Crippen molar-refractivity contribution >= 4 is 28.5 Å². The van der Waals surface area contributed by atoms with E-state index in [1.54, 1.807) is 30.3 Å². The van der Waals surface area contributed by atoms with Crippen LogP contribution in [0.1, 0.15) is 28.8 Å². The van der Waals surface area contributed by atoms with E-state index >= 15 is 0 Å². The van der Waals surface area contributed by atoms with Crippen molar-refractivity contribution < 1.29 is 14.3 Å². The third-order valence-corrected chi connectivity index (χ3v) is 5.20. The quantitative estimate of drug-likeness (QED) is 0.455. The van der Waals surface area contributed by atoms with Crippen LogP contribution in [0.5, 0.6) is 5.75 Å². The first kappa shape index (κ1) is 18.9. The maximum absolute atomic E-state index is 12.5. The molecule has 0 N–H and O–H groups in total. The molecule has 29 heavy (non-hydrogen) atoms. The van der Waals surface area contributed by atoms with E-state index in [2.05, 4.69) is 18.2 Å². The molecular formula is C25H23NO3. The summed E-state index contributed by atoms with van der Waals surface area (Å²) in [5.74, 6) is 0.533. The number of likely N-dealkylation sites (tertiary alicyclic amines) is 1. The normalized spacial score (nSPS) is 13.9. The molecule has 1 amide bonds. The summed E-state index contributed by atoms with van der Waals surface area (Å²) in [5, 5.41) is 2.26. The van der Waals surface area contributed by atoms with Crippen LogP contribution in [0, 0.1) is 0 Å². The fourth-order valence-corrected chi connectivity index (χ4v) is 3.58. The van der Waals surface area contributed by atoms with E-state index in [1.807, 2.05) is 35.2 Å². The van der Waals surface area contributed by atoms with Gasteiger partial charge < -0.3 is 9.64 Å². The third-order valence-electron chi connectivity index (χ3n) is 5.20. The average molecular weight is 385 g/mol. The molecule has 0 bridgehead atoms. The van der Waals surface area contributed by atoms with Gasteiger partial charge in [-0.2, -0.15) is 0 Å². The Morgan fingerprint density at radius 2 is 1.62 bits per heavy atom. The van der Waals surface area contributed by atoms with Crippen LogP contribution in [-0.4, -0.2) is 36.3 Å². The maximum Gasteiger partial charge on any atom is 0.260 e. The van der Waals surface area contributed by atoms with E-state index in [0.29, 0.717) is 11.3 Å². The Kier molecular flexibility index (Phi) is 5.71. The molecule has 1 heterocycles. The molecule has 0 aromatic heterocycles. The Morgan fingerprint density at radius 3 is 2.41 bits per heavy atom. The number of carbonyl (C=O) groups is 2. The van der Waals surface area contributed by atoms with Crippen LogP contribution in [0.15, 0.2) is 72.8 Å². The average Bonchev–Trinajstić information content (AvgIpc) is 3.31. The van der Waals surface area contributed by atoms with Crippen molar-refractivity contribution in [3.8, 4) is 5.75 Å². The van der Waals surface area contributed by atoms with Crippen molar-refractivity contribution in [1.29, 1.82) is 0 Å². The smallest absolute Gasteiger partial charge is 0.260 e. The number of amides is 1. The van der Waals surface area contributed by atoms with Gasteiger partial charge in [-0.05, 0) is 59.5 Å². The van der Waals surface area contributed by atoms with E-state index in [-0.39, 0.29) is 18.3 Å². The van der Waals surface area contributed by atoms with Crippen molar-refractivity contribution in [3.05, 3.63) is 83.9 Å². The van der Waals surface area contributed by atoms with Crippen LogP contribution in [0.4, 0.5) is 0 Å². The summed E-state index contributed by atoms with van der Waals surface area (Å²) >= 11 is 0. The van der Waals surface area contributed by atoms with Crippen molar-refractivity contribution in [2.45, 2.75) is 12.8 Å². The molecule has 4 rings (SSSR count). The second kappa shape index (κ2) is 8.74. The maximum atomic E-state index is 12.5. The van der Waals surface area contributed by atoms with Gasteiger partial charge in [0.25, 0.3) is 5.91 Å². The minimum atomic E-state index is -0.0716. The van der Waals surface area contributed by atoms with Crippen molar-refractivity contribution in [2.24, 2.45) is 0 Å². The van der Waals surface area contributed by atoms with Gasteiger partial charge in [0.2, 0.25) is 0 Å². The number of allylic oxidation sites excluding steroid dienone is 1. The summed E-state index contributed by atoms with van der Waals surface area (Å²) in [6.07, 6.45) is 5.57. The molecule has 0 spiro atoms. The number of ketones is 1. The van der Waals surface area contributed by atoms with E-state index in [0.717, 1.165) is 42.3 Å². The summed E-state index contributed by atoms with van der Waals surface area (Å²) < 4.78 is 5.57. The molecule has 4 nitrogen and oxygen atoms in total. The summed E-state index contributed by atoms with van der Waals surface area (Å²) in [6, 6.07) is 21.1. The van der Waals surface area contributed by atoms with Crippen molar-refractivity contribution in [2.75, 3.05) is 19.7 Å². The molecule has 1 fully saturated rings. The second-order valence-electron chi connectivity index (χ2n) is 7.17. The molecule has 0 radical (unpaired) electrons. The number of ether oxygens (including phenoxy) is 1. The largest absolute Gasteiger partial charge is 0.484 e. The monoisotopic (exact) mass is 385 g/mol. The molecule has 1 saturated heterocycles. The Morgan fingerprint density at radius 1 is 0.897 bits per heavy atom. The van der Waals surface area contributed by atoms with Gasteiger partial charge in [-0.15, -0.1) is 0 Å². The molecule has 3 aromatic rings. The van der Waals surface area contributed by atoms with Gasteiger partial charge in [0.1, 0.15) is 5.75 Å². The van der Waals surface area contributed by atoms with Crippen molar-refractivity contribution in [3.63, 3.8) is 0 Å². The van der Waals surface area contributed by atoms with E-state index in [9.17, 15) is 9.59 Å². The zero-order valence-electron chi connectivity index (χ0n) is 16.2.